The molecule has 1 aromatic heterocycles. The van der Waals surface area contributed by atoms with E-state index in [9.17, 15) is 19.5 Å². The minimum absolute atomic E-state index is 0.0412. The number of aromatic nitrogens is 1. The van der Waals surface area contributed by atoms with E-state index in [0.717, 1.165) is 5.56 Å². The lowest BCUT2D eigenvalue weighted by atomic mass is 10.1. The molecule has 0 radical (unpaired) electrons. The third-order valence-electron chi connectivity index (χ3n) is 5.72. The van der Waals surface area contributed by atoms with Crippen LogP contribution in [0.25, 0.3) is 10.9 Å². The molecule has 0 fully saturated rings. The first-order chi connectivity index (χ1) is 15.8. The predicted molar refractivity (Wildman–Crippen MR) is 127 cm³/mol. The fraction of sp³-hybridized carbons (Fsp3) is 0.0800. The van der Waals surface area contributed by atoms with Crippen LogP contribution in [0, 0.1) is 0 Å². The van der Waals surface area contributed by atoms with Gasteiger partial charge in [-0.05, 0) is 29.3 Å². The van der Waals surface area contributed by atoms with E-state index in [-0.39, 0.29) is 12.2 Å². The summed E-state index contributed by atoms with van der Waals surface area (Å²) in [7, 11) is 0. The van der Waals surface area contributed by atoms with Crippen LogP contribution in [-0.4, -0.2) is 27.6 Å². The lowest BCUT2D eigenvalue weighted by Gasteiger charge is -2.26. The standard InChI is InChI=1S/C25H16Cl2N2O4/c26-16-9-18(27)20-19(10-16)28-21(25(32)33)22(20)29(11-13-4-2-1-3-5-13)12-15-7-6-14-8-17(15)24(31)23(14)30/h1-10,28H,11-12H2,(H,32,33). The van der Waals surface area contributed by atoms with Crippen LogP contribution >= 0.6 is 23.2 Å². The van der Waals surface area contributed by atoms with E-state index in [1.54, 1.807) is 30.3 Å². The first kappa shape index (κ1) is 21.2. The van der Waals surface area contributed by atoms with Gasteiger partial charge in [0.15, 0.2) is 0 Å². The molecule has 1 aliphatic rings. The first-order valence-corrected chi connectivity index (χ1v) is 10.8. The molecule has 3 aromatic carbocycles. The molecule has 2 bridgehead atoms. The average molecular weight is 479 g/mol. The summed E-state index contributed by atoms with van der Waals surface area (Å²) in [6.45, 7) is 0.534. The van der Waals surface area contributed by atoms with E-state index in [4.69, 9.17) is 23.2 Å². The molecule has 0 saturated carbocycles. The number of fused-ring (bicyclic) bond motifs is 3. The number of carbonyl (C=O) groups excluding carboxylic acids is 2. The number of Topliss-reactive ketones (excluding diaryl/α,β-unsaturated/α-hetero) is 2. The third-order valence-corrected chi connectivity index (χ3v) is 6.24. The summed E-state index contributed by atoms with van der Waals surface area (Å²) in [6.07, 6.45) is 0. The molecule has 0 atom stereocenters. The normalized spacial score (nSPS) is 12.5. The number of carboxylic acid groups (broad SMARTS) is 1. The zero-order chi connectivity index (χ0) is 23.3. The Labute approximate surface area is 198 Å². The summed E-state index contributed by atoms with van der Waals surface area (Å²) in [5.74, 6) is -2.23. The predicted octanol–water partition coefficient (Wildman–Crippen LogP) is 5.76. The van der Waals surface area contributed by atoms with Gasteiger partial charge in [0, 0.05) is 34.6 Å². The second-order valence-corrected chi connectivity index (χ2v) is 8.68. The SMILES string of the molecule is O=C1C(=O)c2cc1ccc2CN(Cc1ccccc1)c1c(C(=O)O)[nH]c2cc(Cl)cc(Cl)c12. The molecule has 164 valence electrons. The van der Waals surface area contributed by atoms with Crippen molar-refractivity contribution in [3.8, 4) is 0 Å². The van der Waals surface area contributed by atoms with Crippen LogP contribution in [0.5, 0.6) is 0 Å². The smallest absolute Gasteiger partial charge is 0.354 e. The van der Waals surface area contributed by atoms with E-state index >= 15 is 0 Å². The summed E-state index contributed by atoms with van der Waals surface area (Å²) in [6, 6.07) is 17.7. The summed E-state index contributed by atoms with van der Waals surface area (Å²) in [4.78, 5) is 41.5. The number of halogens is 2. The summed E-state index contributed by atoms with van der Waals surface area (Å²) >= 11 is 12.7. The van der Waals surface area contributed by atoms with Gasteiger partial charge in [-0.1, -0.05) is 65.7 Å². The van der Waals surface area contributed by atoms with Crippen molar-refractivity contribution in [1.29, 1.82) is 0 Å². The van der Waals surface area contributed by atoms with Crippen molar-refractivity contribution >= 4 is 57.3 Å². The van der Waals surface area contributed by atoms with Crippen molar-refractivity contribution < 1.29 is 19.5 Å². The van der Waals surface area contributed by atoms with Crippen LogP contribution in [-0.2, 0) is 13.1 Å². The second kappa shape index (κ2) is 8.06. The Morgan fingerprint density at radius 3 is 2.42 bits per heavy atom. The number of rotatable bonds is 6. The molecule has 1 heterocycles. The lowest BCUT2D eigenvalue weighted by Crippen LogP contribution is -2.25. The largest absolute Gasteiger partial charge is 0.477 e. The Morgan fingerprint density at radius 2 is 1.70 bits per heavy atom. The Kier molecular flexibility index (Phi) is 5.19. The molecule has 0 amide bonds. The highest BCUT2D eigenvalue weighted by Crippen LogP contribution is 2.40. The number of nitrogens with zero attached hydrogens (tertiary/aromatic N) is 1. The molecule has 0 spiro atoms. The van der Waals surface area contributed by atoms with Crippen molar-refractivity contribution in [2.24, 2.45) is 0 Å². The van der Waals surface area contributed by atoms with Gasteiger partial charge in [0.1, 0.15) is 5.69 Å². The number of anilines is 1. The minimum Gasteiger partial charge on any atom is -0.477 e. The number of carbonyl (C=O) groups is 3. The number of aromatic carboxylic acids is 1. The topological polar surface area (TPSA) is 90.5 Å². The highest BCUT2D eigenvalue weighted by atomic mass is 35.5. The number of nitrogens with one attached hydrogen (secondary N) is 1. The molecule has 0 saturated heterocycles. The van der Waals surface area contributed by atoms with E-state index < -0.39 is 17.5 Å². The van der Waals surface area contributed by atoms with Crippen LogP contribution in [0.2, 0.25) is 10.0 Å². The van der Waals surface area contributed by atoms with Gasteiger partial charge < -0.3 is 15.0 Å². The van der Waals surface area contributed by atoms with Gasteiger partial charge in [-0.25, -0.2) is 4.79 Å². The minimum atomic E-state index is -1.16. The molecule has 2 N–H and O–H groups in total. The van der Waals surface area contributed by atoms with Gasteiger partial charge in [0.2, 0.25) is 11.6 Å². The van der Waals surface area contributed by atoms with Crippen molar-refractivity contribution in [3.63, 3.8) is 0 Å². The Bertz CT molecular complexity index is 1460. The number of H-pyrrole nitrogens is 1. The molecule has 1 aliphatic carbocycles. The number of aromatic amines is 1. The zero-order valence-corrected chi connectivity index (χ0v) is 18.6. The summed E-state index contributed by atoms with van der Waals surface area (Å²) < 4.78 is 0. The molecule has 5 rings (SSSR count). The molecule has 4 aromatic rings. The van der Waals surface area contributed by atoms with Crippen LogP contribution in [0.4, 0.5) is 5.69 Å². The van der Waals surface area contributed by atoms with E-state index in [2.05, 4.69) is 4.98 Å². The van der Waals surface area contributed by atoms with E-state index in [0.29, 0.717) is 49.9 Å². The van der Waals surface area contributed by atoms with Crippen molar-refractivity contribution in [1.82, 2.24) is 4.98 Å². The molecule has 0 aliphatic heterocycles. The van der Waals surface area contributed by atoms with E-state index in [1.165, 1.54) is 0 Å². The number of ketones is 2. The van der Waals surface area contributed by atoms with Crippen molar-refractivity contribution in [3.05, 3.63) is 98.7 Å². The van der Waals surface area contributed by atoms with Crippen LogP contribution in [0.3, 0.4) is 0 Å². The summed E-state index contributed by atoms with van der Waals surface area (Å²) in [5.41, 5.74) is 3.09. The third kappa shape index (κ3) is 3.67. The fourth-order valence-corrected chi connectivity index (χ4v) is 4.83. The Morgan fingerprint density at radius 1 is 0.939 bits per heavy atom. The average Bonchev–Trinajstić information content (AvgIpc) is 3.28. The Balaban J connectivity index is 1.69. The maximum Gasteiger partial charge on any atom is 0.354 e. The second-order valence-electron chi connectivity index (χ2n) is 7.84. The van der Waals surface area contributed by atoms with Crippen molar-refractivity contribution in [2.45, 2.75) is 13.1 Å². The molecule has 0 unspecified atom stereocenters. The van der Waals surface area contributed by atoms with Gasteiger partial charge >= 0.3 is 5.97 Å². The highest BCUT2D eigenvalue weighted by molar-refractivity contribution is 6.52. The Hall–Kier alpha value is -3.61. The van der Waals surface area contributed by atoms with Gasteiger partial charge in [-0.3, -0.25) is 9.59 Å². The molecular formula is C25H16Cl2N2O4. The number of benzene rings is 3. The van der Waals surface area contributed by atoms with Crippen molar-refractivity contribution in [2.75, 3.05) is 4.90 Å². The van der Waals surface area contributed by atoms with Gasteiger partial charge in [-0.2, -0.15) is 0 Å². The number of carboxylic acids is 1. The zero-order valence-electron chi connectivity index (χ0n) is 17.1. The van der Waals surface area contributed by atoms with Crippen LogP contribution < -0.4 is 4.90 Å². The quantitative estimate of drug-likeness (QED) is 0.343. The molecule has 33 heavy (non-hydrogen) atoms. The maximum atomic E-state index is 12.4. The molecule has 8 heteroatoms. The molecular weight excluding hydrogens is 463 g/mol. The lowest BCUT2D eigenvalue weighted by molar-refractivity contribution is 0.0692. The first-order valence-electron chi connectivity index (χ1n) is 10.1. The number of hydrogen-bond donors (Lipinski definition) is 2. The van der Waals surface area contributed by atoms with Gasteiger partial charge in [0.25, 0.3) is 0 Å². The van der Waals surface area contributed by atoms with Crippen LogP contribution in [0.15, 0.2) is 60.7 Å². The monoisotopic (exact) mass is 478 g/mol. The number of hydrogen-bond acceptors (Lipinski definition) is 4. The van der Waals surface area contributed by atoms with Crippen LogP contribution in [0.1, 0.15) is 42.3 Å². The summed E-state index contributed by atoms with van der Waals surface area (Å²) in [5, 5.41) is 11.2. The van der Waals surface area contributed by atoms with Gasteiger partial charge in [0.05, 0.1) is 16.2 Å². The van der Waals surface area contributed by atoms with E-state index in [1.807, 2.05) is 35.2 Å². The molecule has 6 nitrogen and oxygen atoms in total. The highest BCUT2D eigenvalue weighted by Gasteiger charge is 2.31. The fourth-order valence-electron chi connectivity index (χ4n) is 4.25. The maximum absolute atomic E-state index is 12.4. The van der Waals surface area contributed by atoms with Gasteiger partial charge in [-0.15, -0.1) is 0 Å².